The largest absolute Gasteiger partial charge is 0.405 e. The van der Waals surface area contributed by atoms with Gasteiger partial charge in [-0.15, -0.1) is 0 Å². The molecule has 0 aliphatic carbocycles. The Morgan fingerprint density at radius 2 is 1.86 bits per heavy atom. The number of nitrogens with zero attached hydrogens (tertiary/aromatic N) is 2. The average Bonchev–Trinajstić information content (AvgIpc) is 3.24. The van der Waals surface area contributed by atoms with Crippen molar-refractivity contribution in [1.29, 1.82) is 0 Å². The average molecular weight is 509 g/mol. The second-order valence-electron chi connectivity index (χ2n) is 10.5. The van der Waals surface area contributed by atoms with Crippen LogP contribution in [0.5, 0.6) is 0 Å². The van der Waals surface area contributed by atoms with Crippen LogP contribution in [0.4, 0.5) is 10.2 Å². The van der Waals surface area contributed by atoms with E-state index in [2.05, 4.69) is 51.0 Å². The molecule has 0 spiro atoms. The number of hydrogen-bond donors (Lipinski definition) is 0. The van der Waals surface area contributed by atoms with Gasteiger partial charge < -0.3 is 4.43 Å². The standard InChI is InChI=1S/C28H30ClFN2O2Si/c1-28(2,3)35(4,5)34-26(19-9-7-6-8-10-19)24-17-21-20(13-14-31-27(21)32-24)25(33)16-18-11-12-23(30)22(29)15-18/h6-15,26H,16-17H2,1-5H3. The number of aliphatic imine (C=N–C) groups is 1. The van der Waals surface area contributed by atoms with Gasteiger partial charge in [0.15, 0.2) is 19.9 Å². The minimum atomic E-state index is -2.13. The molecule has 0 bridgehead atoms. The summed E-state index contributed by atoms with van der Waals surface area (Å²) >= 11 is 5.91. The summed E-state index contributed by atoms with van der Waals surface area (Å²) in [5.74, 6) is -0.0218. The Kier molecular flexibility index (Phi) is 7.09. The fourth-order valence-electron chi connectivity index (χ4n) is 3.88. The van der Waals surface area contributed by atoms with Crippen LogP contribution in [0.1, 0.15) is 53.9 Å². The van der Waals surface area contributed by atoms with Gasteiger partial charge in [-0.1, -0.05) is 68.8 Å². The molecule has 0 saturated heterocycles. The van der Waals surface area contributed by atoms with Crippen molar-refractivity contribution >= 4 is 37.2 Å². The lowest BCUT2D eigenvalue weighted by molar-refractivity contribution is 0.0992. The Morgan fingerprint density at radius 3 is 2.51 bits per heavy atom. The molecule has 1 aliphatic heterocycles. The van der Waals surface area contributed by atoms with E-state index in [1.807, 2.05) is 18.2 Å². The number of hydrogen-bond acceptors (Lipinski definition) is 4. The maximum atomic E-state index is 13.5. The monoisotopic (exact) mass is 508 g/mol. The van der Waals surface area contributed by atoms with E-state index in [9.17, 15) is 9.18 Å². The third-order valence-electron chi connectivity index (χ3n) is 6.91. The number of aromatic nitrogens is 1. The summed E-state index contributed by atoms with van der Waals surface area (Å²) in [6, 6.07) is 16.2. The summed E-state index contributed by atoms with van der Waals surface area (Å²) in [6.45, 7) is 11.1. The van der Waals surface area contributed by atoms with Crippen molar-refractivity contribution < 1.29 is 13.6 Å². The number of ketones is 1. The van der Waals surface area contributed by atoms with Crippen LogP contribution in [0.15, 0.2) is 65.8 Å². The predicted octanol–water partition coefficient (Wildman–Crippen LogP) is 7.69. The Labute approximate surface area is 212 Å². The van der Waals surface area contributed by atoms with E-state index in [0.29, 0.717) is 23.4 Å². The maximum absolute atomic E-state index is 13.5. The number of carbonyl (C=O) groups excluding carboxylic acids is 1. The highest BCUT2D eigenvalue weighted by atomic mass is 35.5. The Hall–Kier alpha value is -2.67. The minimum absolute atomic E-state index is 0.00866. The first-order chi connectivity index (χ1) is 16.5. The molecule has 4 rings (SSSR count). The molecule has 0 saturated carbocycles. The summed E-state index contributed by atoms with van der Waals surface area (Å²) < 4.78 is 20.4. The molecule has 4 nitrogen and oxygen atoms in total. The third kappa shape index (κ3) is 5.45. The lowest BCUT2D eigenvalue weighted by Crippen LogP contribution is -2.43. The summed E-state index contributed by atoms with van der Waals surface area (Å²) in [5, 5.41) is 0.0383. The molecule has 0 N–H and O–H groups in total. The zero-order chi connectivity index (χ0) is 25.4. The molecule has 3 aromatic rings. The SMILES string of the molecule is CC(C)(C)[Si](C)(C)OC(C1=Nc2nccc(C(=O)Cc3ccc(F)c(Cl)c3)c2C1)c1ccccc1. The second-order valence-corrected chi connectivity index (χ2v) is 15.6. The van der Waals surface area contributed by atoms with E-state index in [1.165, 1.54) is 12.1 Å². The highest BCUT2D eigenvalue weighted by molar-refractivity contribution is 6.74. The number of Topliss-reactive ketones (excluding diaryl/α,β-unsaturated/α-hetero) is 1. The van der Waals surface area contributed by atoms with Crippen LogP contribution in [0, 0.1) is 5.82 Å². The first-order valence-electron chi connectivity index (χ1n) is 11.7. The van der Waals surface area contributed by atoms with Crippen LogP contribution in [0.25, 0.3) is 0 Å². The fraction of sp³-hybridized carbons (Fsp3) is 0.321. The van der Waals surface area contributed by atoms with Gasteiger partial charge in [0.1, 0.15) is 11.9 Å². The van der Waals surface area contributed by atoms with Gasteiger partial charge in [0, 0.05) is 30.2 Å². The molecule has 182 valence electrons. The van der Waals surface area contributed by atoms with Gasteiger partial charge in [-0.25, -0.2) is 14.4 Å². The van der Waals surface area contributed by atoms with E-state index < -0.39 is 14.1 Å². The number of carbonyl (C=O) groups is 1. The molecule has 0 fully saturated rings. The molecule has 7 heteroatoms. The first kappa shape index (κ1) is 25.4. The Balaban J connectivity index is 1.64. The zero-order valence-electron chi connectivity index (χ0n) is 20.7. The molecule has 1 atom stereocenters. The molecule has 1 aliphatic rings. The number of rotatable bonds is 7. The van der Waals surface area contributed by atoms with E-state index in [-0.39, 0.29) is 28.4 Å². The lowest BCUT2D eigenvalue weighted by atomic mass is 9.95. The number of pyridine rings is 1. The highest BCUT2D eigenvalue weighted by Crippen LogP contribution is 2.42. The van der Waals surface area contributed by atoms with Crippen LogP contribution < -0.4 is 0 Å². The summed E-state index contributed by atoms with van der Waals surface area (Å²) in [6.07, 6.45) is 1.91. The van der Waals surface area contributed by atoms with Crippen molar-refractivity contribution in [3.05, 3.63) is 93.9 Å². The first-order valence-corrected chi connectivity index (χ1v) is 15.0. The van der Waals surface area contributed by atoms with Gasteiger partial charge in [-0.2, -0.15) is 0 Å². The third-order valence-corrected chi connectivity index (χ3v) is 11.6. The van der Waals surface area contributed by atoms with Crippen molar-refractivity contribution in [2.75, 3.05) is 0 Å². The molecule has 2 aromatic carbocycles. The smallest absolute Gasteiger partial charge is 0.193 e. The molecule has 1 aromatic heterocycles. The lowest BCUT2D eigenvalue weighted by Gasteiger charge is -2.39. The van der Waals surface area contributed by atoms with Crippen LogP contribution >= 0.6 is 11.6 Å². The summed E-state index contributed by atoms with van der Waals surface area (Å²) in [7, 11) is -2.13. The molecule has 1 unspecified atom stereocenters. The van der Waals surface area contributed by atoms with Crippen molar-refractivity contribution in [2.24, 2.45) is 4.99 Å². The number of fused-ring (bicyclic) bond motifs is 1. The maximum Gasteiger partial charge on any atom is 0.193 e. The molecular weight excluding hydrogens is 479 g/mol. The predicted molar refractivity (Wildman–Crippen MR) is 142 cm³/mol. The van der Waals surface area contributed by atoms with Crippen molar-refractivity contribution in [3.8, 4) is 0 Å². The summed E-state index contributed by atoms with van der Waals surface area (Å²) in [5.41, 5.74) is 3.94. The van der Waals surface area contributed by atoms with Crippen LogP contribution in [-0.4, -0.2) is 24.8 Å². The summed E-state index contributed by atoms with van der Waals surface area (Å²) in [4.78, 5) is 22.5. The van der Waals surface area contributed by atoms with E-state index >= 15 is 0 Å². The minimum Gasteiger partial charge on any atom is -0.405 e. The molecule has 35 heavy (non-hydrogen) atoms. The molecule has 0 radical (unpaired) electrons. The van der Waals surface area contributed by atoms with Crippen molar-refractivity contribution in [3.63, 3.8) is 0 Å². The van der Waals surface area contributed by atoms with Crippen LogP contribution in [-0.2, 0) is 17.3 Å². The van der Waals surface area contributed by atoms with Gasteiger partial charge >= 0.3 is 0 Å². The molecule has 2 heterocycles. The van der Waals surface area contributed by atoms with Gasteiger partial charge in [0.05, 0.1) is 10.7 Å². The highest BCUT2D eigenvalue weighted by Gasteiger charge is 2.41. The van der Waals surface area contributed by atoms with Gasteiger partial charge in [-0.05, 0) is 47.5 Å². The topological polar surface area (TPSA) is 51.6 Å². The second kappa shape index (κ2) is 9.76. The van der Waals surface area contributed by atoms with Gasteiger partial charge in [0.2, 0.25) is 0 Å². The molecular formula is C28H30ClFN2O2Si. The van der Waals surface area contributed by atoms with Crippen LogP contribution in [0.2, 0.25) is 23.2 Å². The van der Waals surface area contributed by atoms with Gasteiger partial charge in [-0.3, -0.25) is 4.79 Å². The Morgan fingerprint density at radius 1 is 1.14 bits per heavy atom. The van der Waals surface area contributed by atoms with Crippen LogP contribution in [0.3, 0.4) is 0 Å². The number of benzene rings is 2. The quantitative estimate of drug-likeness (QED) is 0.243. The number of halogens is 2. The van der Waals surface area contributed by atoms with Crippen molar-refractivity contribution in [2.45, 2.75) is 57.8 Å². The fourth-order valence-corrected chi connectivity index (χ4v) is 5.30. The van der Waals surface area contributed by atoms with E-state index in [1.54, 1.807) is 18.3 Å². The molecule has 0 amide bonds. The normalized spacial score (nSPS) is 14.4. The van der Waals surface area contributed by atoms with Gasteiger partial charge in [0.25, 0.3) is 0 Å². The van der Waals surface area contributed by atoms with Crippen molar-refractivity contribution in [1.82, 2.24) is 4.98 Å². The van der Waals surface area contributed by atoms with E-state index in [0.717, 1.165) is 16.8 Å². The zero-order valence-corrected chi connectivity index (χ0v) is 22.5. The Bertz CT molecular complexity index is 1290. The van der Waals surface area contributed by atoms with E-state index in [4.69, 9.17) is 21.0 Å².